The Morgan fingerprint density at radius 1 is 1.50 bits per heavy atom. The molecule has 2 rings (SSSR count). The predicted octanol–water partition coefficient (Wildman–Crippen LogP) is 1.43. The van der Waals surface area contributed by atoms with Crippen LogP contribution in [0.15, 0.2) is 24.3 Å². The molecule has 1 aliphatic heterocycles. The van der Waals surface area contributed by atoms with E-state index in [4.69, 9.17) is 5.11 Å². The van der Waals surface area contributed by atoms with Crippen molar-refractivity contribution in [3.8, 4) is 0 Å². The molecule has 4 heteroatoms. The van der Waals surface area contributed by atoms with Gasteiger partial charge in [0.2, 0.25) is 5.91 Å². The van der Waals surface area contributed by atoms with Gasteiger partial charge in [0.25, 0.3) is 0 Å². The lowest BCUT2D eigenvalue weighted by atomic mass is 10.1. The first-order chi connectivity index (χ1) is 7.59. The van der Waals surface area contributed by atoms with Crippen LogP contribution in [0.5, 0.6) is 0 Å². The fourth-order valence-electron chi connectivity index (χ4n) is 1.96. The van der Waals surface area contributed by atoms with Gasteiger partial charge in [0, 0.05) is 12.2 Å². The van der Waals surface area contributed by atoms with E-state index in [1.54, 1.807) is 4.90 Å². The topological polar surface area (TPSA) is 57.6 Å². The molecular weight excluding hydrogens is 206 g/mol. The lowest BCUT2D eigenvalue weighted by Crippen LogP contribution is -2.30. The third-order valence-corrected chi connectivity index (χ3v) is 2.82. The first-order valence-electron chi connectivity index (χ1n) is 5.20. The average molecular weight is 219 g/mol. The van der Waals surface area contributed by atoms with Crippen molar-refractivity contribution in [2.45, 2.75) is 13.3 Å². The number of carbonyl (C=O) groups excluding carboxylic acids is 1. The SMILES string of the molecule is Cc1cccc(N2CC[C@@H](C(=O)O)C2=O)c1. The number of carboxylic acids is 1. The summed E-state index contributed by atoms with van der Waals surface area (Å²) in [5.74, 6) is -2.21. The number of benzene rings is 1. The van der Waals surface area contributed by atoms with Gasteiger partial charge in [-0.15, -0.1) is 0 Å². The molecule has 0 aliphatic carbocycles. The van der Waals surface area contributed by atoms with Crippen LogP contribution in [0.3, 0.4) is 0 Å². The van der Waals surface area contributed by atoms with Gasteiger partial charge in [-0.2, -0.15) is 0 Å². The molecule has 0 saturated carbocycles. The molecule has 0 bridgehead atoms. The molecular formula is C12H13NO3. The number of carboxylic acid groups (broad SMARTS) is 1. The van der Waals surface area contributed by atoms with Crippen LogP contribution in [0.4, 0.5) is 5.69 Å². The van der Waals surface area contributed by atoms with Crippen molar-refractivity contribution >= 4 is 17.6 Å². The highest BCUT2D eigenvalue weighted by molar-refractivity contribution is 6.07. The summed E-state index contributed by atoms with van der Waals surface area (Å²) in [7, 11) is 0. The Bertz CT molecular complexity index is 442. The van der Waals surface area contributed by atoms with Crippen molar-refractivity contribution in [2.75, 3.05) is 11.4 Å². The van der Waals surface area contributed by atoms with Gasteiger partial charge in [0.15, 0.2) is 0 Å². The summed E-state index contributed by atoms with van der Waals surface area (Å²) in [5, 5.41) is 8.86. The molecule has 1 aliphatic rings. The second-order valence-corrected chi connectivity index (χ2v) is 4.01. The standard InChI is InChI=1S/C12H13NO3/c1-8-3-2-4-9(7-8)13-6-5-10(11(13)14)12(15)16/h2-4,7,10H,5-6H2,1H3,(H,15,16)/t10-/m1/s1. The maximum Gasteiger partial charge on any atom is 0.316 e. The highest BCUT2D eigenvalue weighted by Crippen LogP contribution is 2.25. The first kappa shape index (κ1) is 10.7. The Morgan fingerprint density at radius 2 is 2.25 bits per heavy atom. The van der Waals surface area contributed by atoms with Crippen molar-refractivity contribution in [1.29, 1.82) is 0 Å². The van der Waals surface area contributed by atoms with Crippen LogP contribution in [-0.4, -0.2) is 23.5 Å². The largest absolute Gasteiger partial charge is 0.481 e. The molecule has 1 atom stereocenters. The Labute approximate surface area is 93.5 Å². The number of nitrogens with zero attached hydrogens (tertiary/aromatic N) is 1. The highest BCUT2D eigenvalue weighted by atomic mass is 16.4. The van der Waals surface area contributed by atoms with Crippen molar-refractivity contribution in [3.05, 3.63) is 29.8 Å². The number of carbonyl (C=O) groups is 2. The fraction of sp³-hybridized carbons (Fsp3) is 0.333. The summed E-state index contributed by atoms with van der Waals surface area (Å²) in [6.45, 7) is 2.43. The summed E-state index contributed by atoms with van der Waals surface area (Å²) >= 11 is 0. The van der Waals surface area contributed by atoms with Gasteiger partial charge < -0.3 is 10.0 Å². The number of hydrogen-bond donors (Lipinski definition) is 1. The summed E-state index contributed by atoms with van der Waals surface area (Å²) in [4.78, 5) is 24.2. The Balaban J connectivity index is 2.25. The summed E-state index contributed by atoms with van der Waals surface area (Å²) < 4.78 is 0. The highest BCUT2D eigenvalue weighted by Gasteiger charge is 2.37. The third-order valence-electron chi connectivity index (χ3n) is 2.82. The van der Waals surface area contributed by atoms with E-state index in [-0.39, 0.29) is 5.91 Å². The number of hydrogen-bond acceptors (Lipinski definition) is 2. The number of aliphatic carboxylic acids is 1. The summed E-state index contributed by atoms with van der Waals surface area (Å²) in [5.41, 5.74) is 1.85. The molecule has 0 radical (unpaired) electrons. The smallest absolute Gasteiger partial charge is 0.316 e. The van der Waals surface area contributed by atoms with Gasteiger partial charge in [0.1, 0.15) is 5.92 Å². The van der Waals surface area contributed by atoms with Gasteiger partial charge in [-0.05, 0) is 31.0 Å². The number of aryl methyl sites for hydroxylation is 1. The Morgan fingerprint density at radius 3 is 2.81 bits per heavy atom. The second kappa shape index (κ2) is 3.96. The molecule has 84 valence electrons. The predicted molar refractivity (Wildman–Crippen MR) is 59.3 cm³/mol. The zero-order valence-electron chi connectivity index (χ0n) is 9.01. The molecule has 16 heavy (non-hydrogen) atoms. The molecule has 1 aromatic rings. The van der Waals surface area contributed by atoms with E-state index in [9.17, 15) is 9.59 Å². The van der Waals surface area contributed by atoms with Crippen LogP contribution >= 0.6 is 0 Å². The minimum atomic E-state index is -1.03. The molecule has 1 N–H and O–H groups in total. The molecule has 0 unspecified atom stereocenters. The van der Waals surface area contributed by atoms with Crippen molar-refractivity contribution in [1.82, 2.24) is 0 Å². The number of anilines is 1. The van der Waals surface area contributed by atoms with Crippen molar-refractivity contribution < 1.29 is 14.7 Å². The zero-order valence-corrected chi connectivity index (χ0v) is 9.01. The van der Waals surface area contributed by atoms with E-state index in [1.165, 1.54) is 0 Å². The molecule has 4 nitrogen and oxygen atoms in total. The van der Waals surface area contributed by atoms with Crippen LogP contribution in [0.25, 0.3) is 0 Å². The van der Waals surface area contributed by atoms with Gasteiger partial charge in [-0.25, -0.2) is 0 Å². The van der Waals surface area contributed by atoms with Crippen molar-refractivity contribution in [2.24, 2.45) is 5.92 Å². The third kappa shape index (κ3) is 1.78. The zero-order chi connectivity index (χ0) is 11.7. The summed E-state index contributed by atoms with van der Waals surface area (Å²) in [6.07, 6.45) is 0.391. The van der Waals surface area contributed by atoms with Gasteiger partial charge in [-0.3, -0.25) is 9.59 Å². The fourth-order valence-corrected chi connectivity index (χ4v) is 1.96. The lowest BCUT2D eigenvalue weighted by molar-refractivity contribution is -0.144. The van der Waals surface area contributed by atoms with Crippen LogP contribution in [0.2, 0.25) is 0 Å². The molecule has 1 saturated heterocycles. The van der Waals surface area contributed by atoms with E-state index in [1.807, 2.05) is 31.2 Å². The summed E-state index contributed by atoms with van der Waals surface area (Å²) in [6, 6.07) is 7.53. The van der Waals surface area contributed by atoms with E-state index >= 15 is 0 Å². The Kier molecular flexibility index (Phi) is 2.64. The van der Waals surface area contributed by atoms with E-state index < -0.39 is 11.9 Å². The molecule has 1 heterocycles. The van der Waals surface area contributed by atoms with Crippen LogP contribution in [0.1, 0.15) is 12.0 Å². The van der Waals surface area contributed by atoms with Gasteiger partial charge in [-0.1, -0.05) is 12.1 Å². The lowest BCUT2D eigenvalue weighted by Gasteiger charge is -2.16. The van der Waals surface area contributed by atoms with E-state index in [2.05, 4.69) is 0 Å². The Hall–Kier alpha value is -1.84. The normalized spacial score (nSPS) is 20.2. The minimum Gasteiger partial charge on any atom is -0.481 e. The quantitative estimate of drug-likeness (QED) is 0.765. The molecule has 1 fully saturated rings. The molecule has 1 aromatic carbocycles. The first-order valence-corrected chi connectivity index (χ1v) is 5.20. The number of amides is 1. The molecule has 0 spiro atoms. The van der Waals surface area contributed by atoms with Crippen LogP contribution in [-0.2, 0) is 9.59 Å². The van der Waals surface area contributed by atoms with Crippen molar-refractivity contribution in [3.63, 3.8) is 0 Å². The van der Waals surface area contributed by atoms with Crippen LogP contribution < -0.4 is 4.90 Å². The maximum atomic E-state index is 11.8. The minimum absolute atomic E-state index is 0.307. The van der Waals surface area contributed by atoms with E-state index in [0.29, 0.717) is 13.0 Å². The molecule has 0 aromatic heterocycles. The maximum absolute atomic E-state index is 11.8. The second-order valence-electron chi connectivity index (χ2n) is 4.01. The van der Waals surface area contributed by atoms with Crippen LogP contribution in [0, 0.1) is 12.8 Å². The monoisotopic (exact) mass is 219 g/mol. The molecule has 1 amide bonds. The van der Waals surface area contributed by atoms with E-state index in [0.717, 1.165) is 11.3 Å². The average Bonchev–Trinajstić information content (AvgIpc) is 2.60. The van der Waals surface area contributed by atoms with Gasteiger partial charge in [0.05, 0.1) is 0 Å². The van der Waals surface area contributed by atoms with Gasteiger partial charge >= 0.3 is 5.97 Å². The number of rotatable bonds is 2.